The monoisotopic (exact) mass is 517 g/mol. The van der Waals surface area contributed by atoms with Gasteiger partial charge in [0.1, 0.15) is 11.4 Å². The topological polar surface area (TPSA) is 82.4 Å². The van der Waals surface area contributed by atoms with Crippen molar-refractivity contribution >= 4 is 17.6 Å². The Kier molecular flexibility index (Phi) is 7.23. The summed E-state index contributed by atoms with van der Waals surface area (Å²) in [5.41, 5.74) is 5.82. The Morgan fingerprint density at radius 3 is 2.26 bits per heavy atom. The van der Waals surface area contributed by atoms with Crippen LogP contribution in [0.1, 0.15) is 22.8 Å². The van der Waals surface area contributed by atoms with E-state index in [1.54, 1.807) is 23.9 Å². The molecule has 1 N–H and O–H groups in total. The molecular formula is C32H27N3O4. The Morgan fingerprint density at radius 2 is 1.56 bits per heavy atom. The van der Waals surface area contributed by atoms with E-state index in [1.165, 1.54) is 6.92 Å². The molecule has 0 aliphatic rings. The number of nitrogens with zero attached hydrogens (tertiary/aromatic N) is 2. The standard InChI is InChI=1S/C32H27N3O4/c1-21-9-7-13-27(19-21)35-32(39-22(2)36)29(30(34-35)25-12-8-14-28(20-25)38-3)23-15-17-26(18-16-23)33-31(37)24-10-5-4-6-11-24/h4-20H,1-3H3,(H,33,37). The number of nitrogens with one attached hydrogen (secondary N) is 1. The summed E-state index contributed by atoms with van der Waals surface area (Å²) in [5, 5.41) is 7.84. The summed E-state index contributed by atoms with van der Waals surface area (Å²) in [6, 6.07) is 31.8. The van der Waals surface area contributed by atoms with Crippen LogP contribution in [-0.4, -0.2) is 28.8 Å². The van der Waals surface area contributed by atoms with Gasteiger partial charge in [0.25, 0.3) is 5.91 Å². The molecule has 1 aromatic heterocycles. The van der Waals surface area contributed by atoms with Crippen LogP contribution in [0, 0.1) is 6.92 Å². The van der Waals surface area contributed by atoms with Crippen molar-refractivity contribution in [3.63, 3.8) is 0 Å². The van der Waals surface area contributed by atoms with Crippen molar-refractivity contribution < 1.29 is 19.1 Å². The number of amides is 1. The van der Waals surface area contributed by atoms with Crippen LogP contribution in [0.3, 0.4) is 0 Å². The van der Waals surface area contributed by atoms with Gasteiger partial charge in [-0.25, -0.2) is 0 Å². The molecular weight excluding hydrogens is 490 g/mol. The first-order valence-corrected chi connectivity index (χ1v) is 12.4. The molecule has 5 rings (SSSR count). The minimum Gasteiger partial charge on any atom is -0.497 e. The van der Waals surface area contributed by atoms with Crippen molar-refractivity contribution in [2.45, 2.75) is 13.8 Å². The minimum atomic E-state index is -0.464. The van der Waals surface area contributed by atoms with Gasteiger partial charge in [-0.1, -0.05) is 54.6 Å². The second-order valence-corrected chi connectivity index (χ2v) is 9.00. The fraction of sp³-hybridized carbons (Fsp3) is 0.0938. The number of methoxy groups -OCH3 is 1. The van der Waals surface area contributed by atoms with Crippen LogP contribution in [-0.2, 0) is 4.79 Å². The van der Waals surface area contributed by atoms with Crippen molar-refractivity contribution in [3.8, 4) is 39.7 Å². The predicted octanol–water partition coefficient (Wildman–Crippen LogP) is 6.70. The zero-order valence-electron chi connectivity index (χ0n) is 21.8. The highest BCUT2D eigenvalue weighted by molar-refractivity contribution is 6.04. The maximum atomic E-state index is 12.6. The second-order valence-electron chi connectivity index (χ2n) is 9.00. The fourth-order valence-electron chi connectivity index (χ4n) is 4.31. The Morgan fingerprint density at radius 1 is 0.821 bits per heavy atom. The molecule has 194 valence electrons. The van der Waals surface area contributed by atoms with Crippen molar-refractivity contribution in [1.29, 1.82) is 0 Å². The zero-order chi connectivity index (χ0) is 27.4. The summed E-state index contributed by atoms with van der Waals surface area (Å²) in [5.74, 6) is 0.311. The molecule has 5 aromatic rings. The predicted molar refractivity (Wildman–Crippen MR) is 151 cm³/mol. The van der Waals surface area contributed by atoms with Crippen LogP contribution in [0.2, 0.25) is 0 Å². The van der Waals surface area contributed by atoms with E-state index in [1.807, 2.05) is 97.9 Å². The first-order chi connectivity index (χ1) is 18.9. The minimum absolute atomic E-state index is 0.201. The summed E-state index contributed by atoms with van der Waals surface area (Å²) < 4.78 is 12.9. The van der Waals surface area contributed by atoms with Crippen molar-refractivity contribution in [2.24, 2.45) is 0 Å². The number of aromatic nitrogens is 2. The van der Waals surface area contributed by atoms with Gasteiger partial charge in [0.05, 0.1) is 18.4 Å². The maximum absolute atomic E-state index is 12.6. The average Bonchev–Trinajstić information content (AvgIpc) is 3.32. The number of ether oxygens (including phenoxy) is 2. The average molecular weight is 518 g/mol. The number of benzene rings is 4. The van der Waals surface area contributed by atoms with Gasteiger partial charge in [-0.3, -0.25) is 9.59 Å². The molecule has 0 unspecified atom stereocenters. The Hall–Kier alpha value is -5.17. The molecule has 1 amide bonds. The molecule has 0 bridgehead atoms. The molecule has 0 spiro atoms. The van der Waals surface area contributed by atoms with Crippen LogP contribution < -0.4 is 14.8 Å². The van der Waals surface area contributed by atoms with Crippen LogP contribution in [0.4, 0.5) is 5.69 Å². The molecule has 0 aliphatic carbocycles. The maximum Gasteiger partial charge on any atom is 0.309 e. The Bertz CT molecular complexity index is 1640. The molecule has 0 aliphatic heterocycles. The molecule has 7 nitrogen and oxygen atoms in total. The second kappa shape index (κ2) is 11.1. The van der Waals surface area contributed by atoms with E-state index in [4.69, 9.17) is 14.6 Å². The smallest absolute Gasteiger partial charge is 0.309 e. The van der Waals surface area contributed by atoms with Gasteiger partial charge >= 0.3 is 5.97 Å². The number of carbonyl (C=O) groups is 2. The third-order valence-electron chi connectivity index (χ3n) is 6.14. The lowest BCUT2D eigenvalue weighted by Crippen LogP contribution is -2.11. The quantitative estimate of drug-likeness (QED) is 0.243. The third-order valence-corrected chi connectivity index (χ3v) is 6.14. The van der Waals surface area contributed by atoms with E-state index in [2.05, 4.69) is 5.32 Å². The number of esters is 1. The highest BCUT2D eigenvalue weighted by Crippen LogP contribution is 2.42. The van der Waals surface area contributed by atoms with E-state index < -0.39 is 5.97 Å². The lowest BCUT2D eigenvalue weighted by Gasteiger charge is -2.11. The van der Waals surface area contributed by atoms with Gasteiger partial charge in [-0.2, -0.15) is 9.78 Å². The van der Waals surface area contributed by atoms with E-state index in [9.17, 15) is 9.59 Å². The molecule has 1 heterocycles. The molecule has 4 aromatic carbocycles. The first kappa shape index (κ1) is 25.5. The van der Waals surface area contributed by atoms with Crippen molar-refractivity contribution in [3.05, 3.63) is 114 Å². The van der Waals surface area contributed by atoms with Crippen LogP contribution >= 0.6 is 0 Å². The highest BCUT2D eigenvalue weighted by Gasteiger charge is 2.25. The summed E-state index contributed by atoms with van der Waals surface area (Å²) in [6.07, 6.45) is 0. The normalized spacial score (nSPS) is 10.6. The lowest BCUT2D eigenvalue weighted by atomic mass is 10.0. The van der Waals surface area contributed by atoms with Crippen molar-refractivity contribution in [1.82, 2.24) is 9.78 Å². The van der Waals surface area contributed by atoms with Gasteiger partial charge in [0, 0.05) is 23.7 Å². The summed E-state index contributed by atoms with van der Waals surface area (Å²) in [7, 11) is 1.61. The van der Waals surface area contributed by atoms with E-state index in [-0.39, 0.29) is 5.91 Å². The number of rotatable bonds is 7. The number of anilines is 1. The molecule has 0 saturated heterocycles. The SMILES string of the molecule is COc1cccc(-c2nn(-c3cccc(C)c3)c(OC(C)=O)c2-c2ccc(NC(=O)c3ccccc3)cc2)c1. The molecule has 39 heavy (non-hydrogen) atoms. The van der Waals surface area contributed by atoms with Gasteiger partial charge in [0.2, 0.25) is 5.88 Å². The van der Waals surface area contributed by atoms with E-state index >= 15 is 0 Å². The van der Waals surface area contributed by atoms with Gasteiger partial charge in [0.15, 0.2) is 0 Å². The van der Waals surface area contributed by atoms with E-state index in [0.717, 1.165) is 22.4 Å². The van der Waals surface area contributed by atoms with Crippen LogP contribution in [0.25, 0.3) is 28.1 Å². The third kappa shape index (κ3) is 5.57. The summed E-state index contributed by atoms with van der Waals surface area (Å²) in [6.45, 7) is 3.36. The molecule has 7 heteroatoms. The molecule has 0 saturated carbocycles. The lowest BCUT2D eigenvalue weighted by molar-refractivity contribution is -0.132. The summed E-state index contributed by atoms with van der Waals surface area (Å²) in [4.78, 5) is 24.9. The van der Waals surface area contributed by atoms with Gasteiger partial charge in [-0.15, -0.1) is 0 Å². The Balaban J connectivity index is 1.64. The summed E-state index contributed by atoms with van der Waals surface area (Å²) >= 11 is 0. The van der Waals surface area contributed by atoms with E-state index in [0.29, 0.717) is 34.1 Å². The molecule has 0 fully saturated rings. The number of hydrogen-bond acceptors (Lipinski definition) is 5. The van der Waals surface area contributed by atoms with Gasteiger partial charge in [-0.05, 0) is 66.6 Å². The highest BCUT2D eigenvalue weighted by atomic mass is 16.5. The fourth-order valence-corrected chi connectivity index (χ4v) is 4.31. The number of aryl methyl sites for hydroxylation is 1. The number of hydrogen-bond donors (Lipinski definition) is 1. The van der Waals surface area contributed by atoms with Crippen LogP contribution in [0.5, 0.6) is 11.6 Å². The van der Waals surface area contributed by atoms with Crippen molar-refractivity contribution in [2.75, 3.05) is 12.4 Å². The van der Waals surface area contributed by atoms with Crippen LogP contribution in [0.15, 0.2) is 103 Å². The molecule has 0 radical (unpaired) electrons. The van der Waals surface area contributed by atoms with Gasteiger partial charge < -0.3 is 14.8 Å². The zero-order valence-corrected chi connectivity index (χ0v) is 21.8. The number of carbonyl (C=O) groups excluding carboxylic acids is 2. The first-order valence-electron chi connectivity index (χ1n) is 12.4. The Labute approximate surface area is 226 Å². The largest absolute Gasteiger partial charge is 0.497 e. The molecule has 0 atom stereocenters.